The molecule has 2 saturated carbocycles. The molecule has 1 aromatic heterocycles. The highest BCUT2D eigenvalue weighted by Gasteiger charge is 2.64. The van der Waals surface area contributed by atoms with Gasteiger partial charge in [0, 0.05) is 42.1 Å². The number of carbonyl (C=O) groups excluding carboxylic acids is 3. The van der Waals surface area contributed by atoms with Crippen LogP contribution in [0, 0.1) is 17.8 Å². The molecule has 4 amide bonds. The number of hydrogen-bond donors (Lipinski definition) is 3. The standard InChI is InChI=1S/C49H61F3N6O10S/c1-29-9-7-8-10-33-27-48(33,44(61)55-69(64,65)47(5)17-18-47)54-41(59)39-26-36(28-57(39)43(60)40(30(2)23-29)58(45(62)63)46(3,4)49(50,51)52)68-42-37-16-15-35(66-6)24-32(37)25-38(53-42)31-11-13-34(14-12-31)56-19-21-67-22-20-56/h8,10-16,24-25,29-30,33,36,39-40H,7,9,17-23,26-28H2,1-6H3,(H,54,59)(H,55,61)(H,62,63)/t29-,30-,33-,36-,39+,40+,48-/m1/s1. The van der Waals surface area contributed by atoms with Gasteiger partial charge >= 0.3 is 12.3 Å². The van der Waals surface area contributed by atoms with Gasteiger partial charge in [0.1, 0.15) is 35.0 Å². The number of nitrogens with zero attached hydrogens (tertiary/aromatic N) is 4. The van der Waals surface area contributed by atoms with Gasteiger partial charge in [-0.3, -0.25) is 24.0 Å². The Labute approximate surface area is 399 Å². The number of carbonyl (C=O) groups is 4. The van der Waals surface area contributed by atoms with Crippen LogP contribution in [0.4, 0.5) is 23.7 Å². The molecule has 7 atom stereocenters. The molecule has 4 fully saturated rings. The van der Waals surface area contributed by atoms with Crippen LogP contribution in [0.1, 0.15) is 79.6 Å². The van der Waals surface area contributed by atoms with Crippen molar-refractivity contribution in [3.05, 3.63) is 60.7 Å². The molecule has 20 heteroatoms. The minimum atomic E-state index is -5.12. The summed E-state index contributed by atoms with van der Waals surface area (Å²) in [6.07, 6.45) is -3.01. The maximum atomic E-state index is 15.3. The smallest absolute Gasteiger partial charge is 0.411 e. The van der Waals surface area contributed by atoms with Crippen LogP contribution in [0.25, 0.3) is 22.0 Å². The number of rotatable bonds is 10. The highest BCUT2D eigenvalue weighted by molar-refractivity contribution is 7.91. The molecule has 2 aliphatic carbocycles. The topological polar surface area (TPSA) is 197 Å². The fraction of sp³-hybridized carbons (Fsp3) is 0.571. The van der Waals surface area contributed by atoms with Crippen LogP contribution in [0.5, 0.6) is 11.6 Å². The van der Waals surface area contributed by atoms with E-state index in [0.717, 1.165) is 29.2 Å². The normalized spacial score (nSPS) is 27.6. The van der Waals surface area contributed by atoms with Gasteiger partial charge in [-0.2, -0.15) is 13.2 Å². The lowest BCUT2D eigenvalue weighted by atomic mass is 9.85. The maximum absolute atomic E-state index is 15.3. The Balaban J connectivity index is 1.19. The lowest BCUT2D eigenvalue weighted by Gasteiger charge is -2.45. The van der Waals surface area contributed by atoms with Crippen LogP contribution >= 0.6 is 0 Å². The molecule has 374 valence electrons. The molecule has 0 bridgehead atoms. The number of nitrogens with one attached hydrogen (secondary N) is 2. The Morgan fingerprint density at radius 3 is 2.36 bits per heavy atom. The van der Waals surface area contributed by atoms with Crippen molar-refractivity contribution in [2.75, 3.05) is 44.9 Å². The van der Waals surface area contributed by atoms with Gasteiger partial charge in [0.15, 0.2) is 0 Å². The van der Waals surface area contributed by atoms with Crippen molar-refractivity contribution in [2.45, 2.75) is 120 Å². The van der Waals surface area contributed by atoms with Crippen molar-refractivity contribution in [3.8, 4) is 22.9 Å². The van der Waals surface area contributed by atoms with Gasteiger partial charge in [0.25, 0.3) is 5.91 Å². The Morgan fingerprint density at radius 1 is 1.03 bits per heavy atom. The van der Waals surface area contributed by atoms with Gasteiger partial charge in [-0.15, -0.1) is 0 Å². The Morgan fingerprint density at radius 2 is 1.72 bits per heavy atom. The maximum Gasteiger partial charge on any atom is 0.411 e. The number of pyridine rings is 1. The first-order valence-electron chi connectivity index (χ1n) is 23.5. The number of anilines is 1. The number of methoxy groups -OCH3 is 1. The first-order valence-corrected chi connectivity index (χ1v) is 25.0. The highest BCUT2D eigenvalue weighted by Crippen LogP contribution is 2.48. The van der Waals surface area contributed by atoms with Crippen LogP contribution in [-0.2, 0) is 29.1 Å². The number of fused-ring (bicyclic) bond motifs is 3. The molecule has 0 spiro atoms. The first kappa shape index (κ1) is 49.8. The molecule has 5 aliphatic rings. The van der Waals surface area contributed by atoms with Gasteiger partial charge in [-0.25, -0.2) is 18.2 Å². The molecule has 0 radical (unpaired) electrons. The lowest BCUT2D eigenvalue weighted by Crippen LogP contribution is -2.66. The van der Waals surface area contributed by atoms with E-state index in [4.69, 9.17) is 19.2 Å². The molecule has 16 nitrogen and oxygen atoms in total. The minimum absolute atomic E-state index is 0.0370. The van der Waals surface area contributed by atoms with Gasteiger partial charge < -0.3 is 34.4 Å². The van der Waals surface area contributed by atoms with E-state index in [9.17, 15) is 41.1 Å². The number of morpholine rings is 1. The third-order valence-electron chi connectivity index (χ3n) is 14.8. The zero-order valence-electron chi connectivity index (χ0n) is 39.7. The number of amides is 4. The number of aromatic nitrogens is 1. The van der Waals surface area contributed by atoms with Gasteiger partial charge in [-0.1, -0.05) is 38.1 Å². The fourth-order valence-corrected chi connectivity index (χ4v) is 11.3. The average molecular weight is 983 g/mol. The molecule has 2 saturated heterocycles. The van der Waals surface area contributed by atoms with Crippen molar-refractivity contribution >= 4 is 50.3 Å². The predicted octanol–water partition coefficient (Wildman–Crippen LogP) is 6.67. The SMILES string of the molecule is COc1ccc2c(O[C@@H]3C[C@H]4C(=O)N[C@]5(C(=O)NS(=O)(=O)C6(C)CC6)C[C@H]5C=CCC[C@@H](C)C[C@@H](C)[C@H](N(C(=O)O)C(C)(C)C(F)(F)F)C(=O)N4C3)nc(-c3ccc(N4CCOCC4)cc3)cc2c1. The number of benzene rings is 2. The molecule has 3 aliphatic heterocycles. The molecule has 2 aromatic carbocycles. The highest BCUT2D eigenvalue weighted by atomic mass is 32.2. The van der Waals surface area contributed by atoms with Crippen molar-refractivity contribution in [3.63, 3.8) is 0 Å². The summed E-state index contributed by atoms with van der Waals surface area (Å²) in [6, 6.07) is 11.5. The summed E-state index contributed by atoms with van der Waals surface area (Å²) in [5, 5.41) is 14.6. The van der Waals surface area contributed by atoms with Gasteiger partial charge in [0.05, 0.1) is 37.3 Å². The Bertz CT molecular complexity index is 2620. The first-order chi connectivity index (χ1) is 32.5. The molecule has 8 rings (SSSR count). The number of carboxylic acid groups (broad SMARTS) is 1. The molecule has 4 heterocycles. The molecule has 3 aromatic rings. The lowest BCUT2D eigenvalue weighted by molar-refractivity contribution is -0.222. The van der Waals surface area contributed by atoms with Gasteiger partial charge in [0.2, 0.25) is 27.7 Å². The van der Waals surface area contributed by atoms with E-state index in [1.165, 1.54) is 21.0 Å². The Kier molecular flexibility index (Phi) is 13.4. The molecular weight excluding hydrogens is 922 g/mol. The fourth-order valence-electron chi connectivity index (χ4n) is 9.98. The second-order valence-corrected chi connectivity index (χ2v) is 22.4. The molecule has 3 N–H and O–H groups in total. The number of ether oxygens (including phenoxy) is 3. The second kappa shape index (κ2) is 18.6. The summed E-state index contributed by atoms with van der Waals surface area (Å²) in [4.78, 5) is 65.9. The molecule has 0 unspecified atom stereocenters. The van der Waals surface area contributed by atoms with Crippen molar-refractivity contribution in [1.29, 1.82) is 0 Å². The second-order valence-electron chi connectivity index (χ2n) is 20.2. The third kappa shape index (κ3) is 9.79. The number of alkyl halides is 3. The summed E-state index contributed by atoms with van der Waals surface area (Å²) in [5.74, 6) is -4.04. The summed E-state index contributed by atoms with van der Waals surface area (Å²) < 4.78 is 90.3. The largest absolute Gasteiger partial charge is 0.497 e. The van der Waals surface area contributed by atoms with Crippen molar-refractivity contribution < 1.29 is 60.1 Å². The average Bonchev–Trinajstić information content (AvgIpc) is 4.18. The van der Waals surface area contributed by atoms with Crippen LogP contribution in [0.2, 0.25) is 0 Å². The van der Waals surface area contributed by atoms with Crippen molar-refractivity contribution in [2.24, 2.45) is 17.8 Å². The molecule has 69 heavy (non-hydrogen) atoms. The van der Waals surface area contributed by atoms with Crippen LogP contribution in [0.15, 0.2) is 60.7 Å². The van der Waals surface area contributed by atoms with E-state index in [1.54, 1.807) is 24.3 Å². The minimum Gasteiger partial charge on any atom is -0.497 e. The summed E-state index contributed by atoms with van der Waals surface area (Å²) in [6.45, 7) is 8.64. The summed E-state index contributed by atoms with van der Waals surface area (Å²) in [5.41, 5.74) is -2.53. The van der Waals surface area contributed by atoms with E-state index in [1.807, 2.05) is 43.3 Å². The van der Waals surface area contributed by atoms with E-state index in [0.29, 0.717) is 75.0 Å². The van der Waals surface area contributed by atoms with E-state index in [2.05, 4.69) is 14.9 Å². The van der Waals surface area contributed by atoms with Crippen LogP contribution < -0.4 is 24.4 Å². The summed E-state index contributed by atoms with van der Waals surface area (Å²) >= 11 is 0. The number of allylic oxidation sites excluding steroid dienone is 1. The summed E-state index contributed by atoms with van der Waals surface area (Å²) in [7, 11) is -2.62. The Hall–Kier alpha value is -5.63. The number of hydrogen-bond acceptors (Lipinski definition) is 11. The third-order valence-corrected chi connectivity index (χ3v) is 17.0. The predicted molar refractivity (Wildman–Crippen MR) is 250 cm³/mol. The van der Waals surface area contributed by atoms with Gasteiger partial charge in [-0.05, 0) is 113 Å². The zero-order valence-corrected chi connectivity index (χ0v) is 40.5. The monoisotopic (exact) mass is 982 g/mol. The van der Waals surface area contributed by atoms with E-state index >= 15 is 4.79 Å². The van der Waals surface area contributed by atoms with E-state index < -0.39 is 85.9 Å². The number of halogens is 3. The number of sulfonamides is 1. The van der Waals surface area contributed by atoms with Crippen LogP contribution in [-0.4, -0.2) is 132 Å². The quantitative estimate of drug-likeness (QED) is 0.183. The zero-order chi connectivity index (χ0) is 49.8. The van der Waals surface area contributed by atoms with Crippen molar-refractivity contribution in [1.82, 2.24) is 24.8 Å². The van der Waals surface area contributed by atoms with E-state index in [-0.39, 0.29) is 42.5 Å². The van der Waals surface area contributed by atoms with Crippen LogP contribution in [0.3, 0.4) is 0 Å². The molecular formula is C49H61F3N6O10S.